The zero-order valence-electron chi connectivity index (χ0n) is 14.4. The molecule has 0 fully saturated rings. The van der Waals surface area contributed by atoms with Gasteiger partial charge in [0.15, 0.2) is 5.82 Å². The minimum atomic E-state index is -0.309. The van der Waals surface area contributed by atoms with E-state index in [9.17, 15) is 14.0 Å². The van der Waals surface area contributed by atoms with Crippen LogP contribution >= 0.6 is 0 Å². The standard InChI is InChI=1S/C19H17FN4O3/c20-14-7-5-13(6-8-14)12-27-16-4-2-1-3-15(16)18(25)23-9-10-24-17(11-23)21-22-19(24)26/h1-8H,9-12H2,(H,22,26). The van der Waals surface area contributed by atoms with Gasteiger partial charge < -0.3 is 9.64 Å². The molecule has 1 aliphatic heterocycles. The molecule has 1 aromatic heterocycles. The molecule has 138 valence electrons. The van der Waals surface area contributed by atoms with Crippen molar-refractivity contribution in [3.8, 4) is 5.75 Å². The number of aromatic amines is 1. The van der Waals surface area contributed by atoms with E-state index in [2.05, 4.69) is 10.2 Å². The Labute approximate surface area is 154 Å². The number of benzene rings is 2. The maximum Gasteiger partial charge on any atom is 0.343 e. The average Bonchev–Trinajstić information content (AvgIpc) is 3.07. The number of rotatable bonds is 4. The molecule has 0 aliphatic carbocycles. The van der Waals surface area contributed by atoms with Crippen molar-refractivity contribution in [2.75, 3.05) is 6.54 Å². The van der Waals surface area contributed by atoms with Gasteiger partial charge in [0.2, 0.25) is 0 Å². The molecule has 3 aromatic rings. The summed E-state index contributed by atoms with van der Waals surface area (Å²) in [6, 6.07) is 13.0. The van der Waals surface area contributed by atoms with E-state index in [-0.39, 0.29) is 30.6 Å². The van der Waals surface area contributed by atoms with Crippen molar-refractivity contribution in [3.63, 3.8) is 0 Å². The van der Waals surface area contributed by atoms with Crippen LogP contribution in [0.4, 0.5) is 4.39 Å². The van der Waals surface area contributed by atoms with Gasteiger partial charge in [0.1, 0.15) is 18.2 Å². The third-order valence-corrected chi connectivity index (χ3v) is 4.48. The second kappa shape index (κ2) is 7.06. The third-order valence-electron chi connectivity index (χ3n) is 4.48. The van der Waals surface area contributed by atoms with Crippen LogP contribution in [-0.2, 0) is 19.7 Å². The molecule has 8 heteroatoms. The fraction of sp³-hybridized carbons (Fsp3) is 0.211. The van der Waals surface area contributed by atoms with Crippen molar-refractivity contribution in [1.82, 2.24) is 19.7 Å². The molecule has 1 aliphatic rings. The second-order valence-corrected chi connectivity index (χ2v) is 6.23. The quantitative estimate of drug-likeness (QED) is 0.763. The number of carbonyl (C=O) groups excluding carboxylic acids is 1. The average molecular weight is 368 g/mol. The van der Waals surface area contributed by atoms with Gasteiger partial charge in [-0.2, -0.15) is 5.10 Å². The molecule has 2 aromatic carbocycles. The van der Waals surface area contributed by atoms with Gasteiger partial charge in [0, 0.05) is 13.1 Å². The molecule has 1 amide bonds. The summed E-state index contributed by atoms with van der Waals surface area (Å²) in [5, 5.41) is 6.36. The molecule has 1 N–H and O–H groups in total. The highest BCUT2D eigenvalue weighted by Gasteiger charge is 2.26. The van der Waals surface area contributed by atoms with E-state index in [1.807, 2.05) is 0 Å². The van der Waals surface area contributed by atoms with Gasteiger partial charge >= 0.3 is 5.69 Å². The van der Waals surface area contributed by atoms with Crippen LogP contribution in [0, 0.1) is 5.82 Å². The molecule has 0 unspecified atom stereocenters. The smallest absolute Gasteiger partial charge is 0.343 e. The summed E-state index contributed by atoms with van der Waals surface area (Å²) < 4.78 is 20.3. The Kier molecular flexibility index (Phi) is 4.45. The summed E-state index contributed by atoms with van der Waals surface area (Å²) in [5.41, 5.74) is 0.975. The summed E-state index contributed by atoms with van der Waals surface area (Å²) in [4.78, 5) is 26.2. The molecule has 0 spiro atoms. The Morgan fingerprint density at radius 1 is 1.15 bits per heavy atom. The molecule has 0 atom stereocenters. The lowest BCUT2D eigenvalue weighted by Gasteiger charge is -2.27. The van der Waals surface area contributed by atoms with Gasteiger partial charge in [-0.05, 0) is 29.8 Å². The van der Waals surface area contributed by atoms with Crippen LogP contribution < -0.4 is 10.4 Å². The Morgan fingerprint density at radius 3 is 2.74 bits per heavy atom. The van der Waals surface area contributed by atoms with E-state index in [0.29, 0.717) is 30.2 Å². The fourth-order valence-electron chi connectivity index (χ4n) is 3.03. The Bertz CT molecular complexity index is 1030. The van der Waals surface area contributed by atoms with Crippen LogP contribution in [0.15, 0.2) is 53.3 Å². The molecule has 7 nitrogen and oxygen atoms in total. The molecule has 0 saturated carbocycles. The lowest BCUT2D eigenvalue weighted by atomic mass is 10.1. The molecule has 2 heterocycles. The maximum absolute atomic E-state index is 13.0. The number of nitrogens with one attached hydrogen (secondary N) is 1. The number of halogens is 1. The minimum absolute atomic E-state index is 0.189. The maximum atomic E-state index is 13.0. The molecule has 4 rings (SSSR count). The summed E-state index contributed by atoms with van der Waals surface area (Å²) in [6.45, 7) is 1.29. The normalized spacial score (nSPS) is 13.3. The van der Waals surface area contributed by atoms with E-state index >= 15 is 0 Å². The molecule has 0 radical (unpaired) electrons. The first kappa shape index (κ1) is 17.0. The number of nitrogens with zero attached hydrogens (tertiary/aromatic N) is 3. The first-order valence-corrected chi connectivity index (χ1v) is 8.51. The van der Waals surface area contributed by atoms with Crippen molar-refractivity contribution in [2.24, 2.45) is 0 Å². The summed E-state index contributed by atoms with van der Waals surface area (Å²) in [6.07, 6.45) is 0. The summed E-state index contributed by atoms with van der Waals surface area (Å²) >= 11 is 0. The first-order valence-electron chi connectivity index (χ1n) is 8.51. The number of carbonyl (C=O) groups is 1. The highest BCUT2D eigenvalue weighted by Crippen LogP contribution is 2.23. The number of ether oxygens (including phenoxy) is 1. The lowest BCUT2D eigenvalue weighted by molar-refractivity contribution is 0.0701. The number of hydrogen-bond donors (Lipinski definition) is 1. The monoisotopic (exact) mass is 368 g/mol. The number of aromatic nitrogens is 3. The zero-order valence-corrected chi connectivity index (χ0v) is 14.4. The van der Waals surface area contributed by atoms with Crippen LogP contribution in [0.1, 0.15) is 21.7 Å². The van der Waals surface area contributed by atoms with E-state index in [1.54, 1.807) is 41.3 Å². The largest absolute Gasteiger partial charge is 0.488 e. The highest BCUT2D eigenvalue weighted by molar-refractivity contribution is 5.96. The Hall–Kier alpha value is -3.42. The van der Waals surface area contributed by atoms with Crippen molar-refractivity contribution in [3.05, 3.63) is 81.8 Å². The number of hydrogen-bond acceptors (Lipinski definition) is 4. The lowest BCUT2D eigenvalue weighted by Crippen LogP contribution is -2.40. The van der Waals surface area contributed by atoms with Gasteiger partial charge in [-0.15, -0.1) is 0 Å². The SMILES string of the molecule is O=C(c1ccccc1OCc1ccc(F)cc1)N1CCn2c(n[nH]c2=O)C1. The predicted molar refractivity (Wildman–Crippen MR) is 94.8 cm³/mol. The Morgan fingerprint density at radius 2 is 1.93 bits per heavy atom. The predicted octanol–water partition coefficient (Wildman–Crippen LogP) is 1.95. The molecule has 0 bridgehead atoms. The first-order chi connectivity index (χ1) is 13.1. The Balaban J connectivity index is 1.51. The summed E-state index contributed by atoms with van der Waals surface area (Å²) in [5.74, 6) is 0.490. The number of amides is 1. The number of para-hydroxylation sites is 1. The van der Waals surface area contributed by atoms with Crippen LogP contribution in [0.25, 0.3) is 0 Å². The third kappa shape index (κ3) is 3.46. The van der Waals surface area contributed by atoms with Crippen molar-refractivity contribution >= 4 is 5.91 Å². The van der Waals surface area contributed by atoms with Gasteiger partial charge in [0.25, 0.3) is 5.91 Å². The highest BCUT2D eigenvalue weighted by atomic mass is 19.1. The molecule has 0 saturated heterocycles. The van der Waals surface area contributed by atoms with E-state index < -0.39 is 0 Å². The van der Waals surface area contributed by atoms with E-state index in [4.69, 9.17) is 4.74 Å². The van der Waals surface area contributed by atoms with Crippen LogP contribution in [0.2, 0.25) is 0 Å². The van der Waals surface area contributed by atoms with Gasteiger partial charge in [0.05, 0.1) is 12.1 Å². The van der Waals surface area contributed by atoms with E-state index in [0.717, 1.165) is 5.56 Å². The minimum Gasteiger partial charge on any atom is -0.488 e. The fourth-order valence-corrected chi connectivity index (χ4v) is 3.03. The van der Waals surface area contributed by atoms with Gasteiger partial charge in [-0.25, -0.2) is 14.3 Å². The topological polar surface area (TPSA) is 80.2 Å². The summed E-state index contributed by atoms with van der Waals surface area (Å²) in [7, 11) is 0. The van der Waals surface area contributed by atoms with Crippen LogP contribution in [-0.4, -0.2) is 32.1 Å². The van der Waals surface area contributed by atoms with Crippen LogP contribution in [0.3, 0.4) is 0 Å². The zero-order chi connectivity index (χ0) is 18.8. The van der Waals surface area contributed by atoms with Gasteiger partial charge in [-0.3, -0.25) is 9.36 Å². The number of fused-ring (bicyclic) bond motifs is 1. The van der Waals surface area contributed by atoms with E-state index in [1.165, 1.54) is 16.7 Å². The van der Waals surface area contributed by atoms with Crippen LogP contribution in [0.5, 0.6) is 5.75 Å². The van der Waals surface area contributed by atoms with Crippen molar-refractivity contribution in [1.29, 1.82) is 0 Å². The molecule has 27 heavy (non-hydrogen) atoms. The number of H-pyrrole nitrogens is 1. The van der Waals surface area contributed by atoms with Crippen molar-refractivity contribution < 1.29 is 13.9 Å². The van der Waals surface area contributed by atoms with Gasteiger partial charge in [-0.1, -0.05) is 24.3 Å². The molecular weight excluding hydrogens is 351 g/mol. The van der Waals surface area contributed by atoms with Crippen molar-refractivity contribution in [2.45, 2.75) is 19.7 Å². The molecular formula is C19H17FN4O3. The second-order valence-electron chi connectivity index (χ2n) is 6.23.